The molecule has 0 saturated carbocycles. The summed E-state index contributed by atoms with van der Waals surface area (Å²) in [5, 5.41) is 7.53. The fraction of sp³-hybridized carbons (Fsp3) is 0.286. The predicted molar refractivity (Wildman–Crippen MR) is 78.4 cm³/mol. The van der Waals surface area contributed by atoms with Crippen molar-refractivity contribution in [3.05, 3.63) is 46.5 Å². The minimum atomic E-state index is -4.67. The number of oxazole rings is 1. The molecule has 3 rings (SSSR count). The maximum Gasteiger partial charge on any atom is 0.453 e. The molecule has 0 aliphatic carbocycles. The smallest absolute Gasteiger partial charge is 0.408 e. The Hall–Kier alpha value is -3.11. The van der Waals surface area contributed by atoms with Crippen molar-refractivity contribution < 1.29 is 22.4 Å². The number of aromatic nitrogens is 4. The Morgan fingerprint density at radius 1 is 1.40 bits per heavy atom. The Kier molecular flexibility index (Phi) is 4.07. The highest BCUT2D eigenvalue weighted by Crippen LogP contribution is 2.25. The van der Waals surface area contributed by atoms with Gasteiger partial charge in [-0.2, -0.15) is 13.2 Å². The zero-order valence-corrected chi connectivity index (χ0v) is 12.8. The Balaban J connectivity index is 1.74. The lowest BCUT2D eigenvalue weighted by molar-refractivity contribution is -0.144. The standard InChI is InChI=1S/C14H12F3N5O3/c1-7(22-8-4-2-3-5-9(8)25-13(22)24)11(23)18-6-10-19-12(21-20-10)14(15,16)17/h2-5,7H,6H2,1H3,(H,18,23)(H,19,20,21)/t7-/m1/s1. The normalized spacial score (nSPS) is 13.1. The van der Waals surface area contributed by atoms with E-state index in [-0.39, 0.29) is 12.4 Å². The summed E-state index contributed by atoms with van der Waals surface area (Å²) in [7, 11) is 0. The van der Waals surface area contributed by atoms with Crippen molar-refractivity contribution in [1.82, 2.24) is 25.1 Å². The topological polar surface area (TPSA) is 106 Å². The van der Waals surface area contributed by atoms with Crippen LogP contribution in [0.5, 0.6) is 0 Å². The molecule has 0 saturated heterocycles. The average molecular weight is 355 g/mol. The number of carbonyl (C=O) groups is 1. The van der Waals surface area contributed by atoms with Gasteiger partial charge in [0.1, 0.15) is 11.9 Å². The molecule has 2 N–H and O–H groups in total. The summed E-state index contributed by atoms with van der Waals surface area (Å²) in [5.74, 6) is -2.76. The molecule has 0 fully saturated rings. The molecule has 0 aliphatic rings. The Morgan fingerprint density at radius 2 is 2.12 bits per heavy atom. The van der Waals surface area contributed by atoms with Gasteiger partial charge in [-0.3, -0.25) is 14.5 Å². The van der Waals surface area contributed by atoms with Crippen LogP contribution in [0.2, 0.25) is 0 Å². The first kappa shape index (κ1) is 16.7. The fourth-order valence-corrected chi connectivity index (χ4v) is 2.29. The van der Waals surface area contributed by atoms with Crippen molar-refractivity contribution >= 4 is 17.0 Å². The van der Waals surface area contributed by atoms with E-state index in [1.807, 2.05) is 0 Å². The number of halogens is 3. The number of benzene rings is 1. The first-order valence-electron chi connectivity index (χ1n) is 7.13. The monoisotopic (exact) mass is 355 g/mol. The lowest BCUT2D eigenvalue weighted by atomic mass is 10.2. The molecule has 1 aromatic carbocycles. The molecule has 0 unspecified atom stereocenters. The van der Waals surface area contributed by atoms with Gasteiger partial charge in [0.25, 0.3) is 5.82 Å². The summed E-state index contributed by atoms with van der Waals surface area (Å²) < 4.78 is 43.5. The number of para-hydroxylation sites is 2. The third-order valence-corrected chi connectivity index (χ3v) is 3.50. The number of carbonyl (C=O) groups excluding carboxylic acids is 1. The number of H-pyrrole nitrogens is 1. The molecule has 0 spiro atoms. The van der Waals surface area contributed by atoms with Crippen molar-refractivity contribution in [2.45, 2.75) is 25.7 Å². The van der Waals surface area contributed by atoms with Gasteiger partial charge in [0.05, 0.1) is 12.1 Å². The molecule has 2 heterocycles. The van der Waals surface area contributed by atoms with Gasteiger partial charge in [-0.25, -0.2) is 9.78 Å². The van der Waals surface area contributed by atoms with Gasteiger partial charge in [-0.05, 0) is 19.1 Å². The van der Waals surface area contributed by atoms with E-state index < -0.39 is 29.7 Å². The third kappa shape index (κ3) is 3.25. The van der Waals surface area contributed by atoms with E-state index in [9.17, 15) is 22.8 Å². The van der Waals surface area contributed by atoms with Gasteiger partial charge in [-0.1, -0.05) is 12.1 Å². The number of hydrogen-bond acceptors (Lipinski definition) is 5. The van der Waals surface area contributed by atoms with Gasteiger partial charge in [-0.15, -0.1) is 5.10 Å². The SMILES string of the molecule is C[C@H](C(=O)NCc1nc(C(F)(F)F)n[nH]1)n1c(=O)oc2ccccc21. The van der Waals surface area contributed by atoms with Crippen molar-refractivity contribution in [3.63, 3.8) is 0 Å². The predicted octanol–water partition coefficient (Wildman–Crippen LogP) is 1.61. The summed E-state index contributed by atoms with van der Waals surface area (Å²) in [6, 6.07) is 5.65. The van der Waals surface area contributed by atoms with Crippen LogP contribution in [0.4, 0.5) is 13.2 Å². The molecule has 1 amide bonds. The molecule has 11 heteroatoms. The Morgan fingerprint density at radius 3 is 2.80 bits per heavy atom. The quantitative estimate of drug-likeness (QED) is 0.740. The van der Waals surface area contributed by atoms with Crippen LogP contribution in [0.25, 0.3) is 11.1 Å². The maximum absolute atomic E-state index is 12.4. The lowest BCUT2D eigenvalue weighted by Crippen LogP contribution is -2.34. The molecular weight excluding hydrogens is 343 g/mol. The van der Waals surface area contributed by atoms with Gasteiger partial charge in [0, 0.05) is 0 Å². The number of nitrogens with zero attached hydrogens (tertiary/aromatic N) is 3. The largest absolute Gasteiger partial charge is 0.453 e. The summed E-state index contributed by atoms with van der Waals surface area (Å²) in [5.41, 5.74) is 0.770. The van der Waals surface area contributed by atoms with Crippen LogP contribution in [-0.2, 0) is 17.5 Å². The van der Waals surface area contributed by atoms with E-state index in [2.05, 4.69) is 20.5 Å². The number of nitrogens with one attached hydrogen (secondary N) is 2. The van der Waals surface area contributed by atoms with Crippen molar-refractivity contribution in [3.8, 4) is 0 Å². The van der Waals surface area contributed by atoms with Crippen LogP contribution in [0, 0.1) is 0 Å². The molecule has 1 atom stereocenters. The highest BCUT2D eigenvalue weighted by Gasteiger charge is 2.36. The summed E-state index contributed by atoms with van der Waals surface area (Å²) in [6.45, 7) is 1.18. The number of alkyl halides is 3. The van der Waals surface area contributed by atoms with Gasteiger partial charge in [0.2, 0.25) is 5.91 Å². The first-order chi connectivity index (χ1) is 11.8. The minimum absolute atomic E-state index is 0.155. The molecule has 25 heavy (non-hydrogen) atoms. The zero-order valence-electron chi connectivity index (χ0n) is 12.8. The van der Waals surface area contributed by atoms with E-state index >= 15 is 0 Å². The minimum Gasteiger partial charge on any atom is -0.408 e. The number of fused-ring (bicyclic) bond motifs is 1. The number of hydrogen-bond donors (Lipinski definition) is 2. The van der Waals surface area contributed by atoms with E-state index in [4.69, 9.17) is 4.42 Å². The summed E-state index contributed by atoms with van der Waals surface area (Å²) >= 11 is 0. The molecule has 0 aliphatic heterocycles. The van der Waals surface area contributed by atoms with Crippen molar-refractivity contribution in [1.29, 1.82) is 0 Å². The third-order valence-electron chi connectivity index (χ3n) is 3.50. The van der Waals surface area contributed by atoms with Crippen LogP contribution >= 0.6 is 0 Å². The van der Waals surface area contributed by atoms with Crippen LogP contribution in [-0.4, -0.2) is 25.7 Å². The second-order valence-corrected chi connectivity index (χ2v) is 5.20. The molecule has 0 bridgehead atoms. The average Bonchev–Trinajstić information content (AvgIpc) is 3.15. The summed E-state index contributed by atoms with van der Waals surface area (Å²) in [6.07, 6.45) is -4.67. The van der Waals surface area contributed by atoms with Crippen LogP contribution in [0.3, 0.4) is 0 Å². The van der Waals surface area contributed by atoms with Crippen LogP contribution < -0.4 is 11.1 Å². The summed E-state index contributed by atoms with van der Waals surface area (Å²) in [4.78, 5) is 27.4. The van der Waals surface area contributed by atoms with Gasteiger partial charge >= 0.3 is 11.9 Å². The van der Waals surface area contributed by atoms with Gasteiger partial charge in [0.15, 0.2) is 5.58 Å². The van der Waals surface area contributed by atoms with E-state index in [1.54, 1.807) is 24.3 Å². The molecule has 8 nitrogen and oxygen atoms in total. The molecular formula is C14H12F3N5O3. The second kappa shape index (κ2) is 6.07. The Labute approximate surface area is 137 Å². The number of amides is 1. The zero-order chi connectivity index (χ0) is 18.2. The number of aromatic amines is 1. The molecule has 0 radical (unpaired) electrons. The van der Waals surface area contributed by atoms with Crippen molar-refractivity contribution in [2.24, 2.45) is 0 Å². The fourth-order valence-electron chi connectivity index (χ4n) is 2.29. The number of rotatable bonds is 4. The second-order valence-electron chi connectivity index (χ2n) is 5.20. The molecule has 2 aromatic heterocycles. The highest BCUT2D eigenvalue weighted by molar-refractivity contribution is 5.82. The molecule has 132 valence electrons. The van der Waals surface area contributed by atoms with Gasteiger partial charge < -0.3 is 9.73 Å². The first-order valence-corrected chi connectivity index (χ1v) is 7.13. The Bertz CT molecular complexity index is 972. The lowest BCUT2D eigenvalue weighted by Gasteiger charge is -2.12. The van der Waals surface area contributed by atoms with E-state index in [0.717, 1.165) is 4.57 Å². The van der Waals surface area contributed by atoms with Crippen LogP contribution in [0.1, 0.15) is 24.6 Å². The maximum atomic E-state index is 12.4. The van der Waals surface area contributed by atoms with Crippen LogP contribution in [0.15, 0.2) is 33.5 Å². The highest BCUT2D eigenvalue weighted by atomic mass is 19.4. The van der Waals surface area contributed by atoms with E-state index in [0.29, 0.717) is 11.1 Å². The van der Waals surface area contributed by atoms with E-state index in [1.165, 1.54) is 6.92 Å². The molecule has 3 aromatic rings. The van der Waals surface area contributed by atoms with Crippen molar-refractivity contribution in [2.75, 3.05) is 0 Å².